The number of likely N-dealkylation sites (N-methyl/N-ethyl adjacent to an activating group) is 1. The average Bonchev–Trinajstić information content (AvgIpc) is 3.15. The van der Waals surface area contributed by atoms with E-state index < -0.39 is 0 Å². The van der Waals surface area contributed by atoms with Crippen molar-refractivity contribution in [1.29, 1.82) is 0 Å². The van der Waals surface area contributed by atoms with Crippen LogP contribution < -0.4 is 11.1 Å². The van der Waals surface area contributed by atoms with Crippen LogP contribution in [0.25, 0.3) is 0 Å². The highest BCUT2D eigenvalue weighted by atomic mass is 127. The lowest BCUT2D eigenvalue weighted by Crippen LogP contribution is -2.43. The third-order valence-corrected chi connectivity index (χ3v) is 6.18. The van der Waals surface area contributed by atoms with E-state index in [2.05, 4.69) is 58.2 Å². The van der Waals surface area contributed by atoms with Gasteiger partial charge in [0.05, 0.1) is 0 Å². The molecule has 2 aliphatic rings. The molecule has 28 heavy (non-hydrogen) atoms. The summed E-state index contributed by atoms with van der Waals surface area (Å²) < 4.78 is 0. The van der Waals surface area contributed by atoms with Crippen molar-refractivity contribution >= 4 is 29.9 Å². The van der Waals surface area contributed by atoms with Gasteiger partial charge in [-0.05, 0) is 70.3 Å². The molecule has 1 aromatic rings. The highest BCUT2D eigenvalue weighted by Crippen LogP contribution is 2.19. The largest absolute Gasteiger partial charge is 0.370 e. The Bertz CT molecular complexity index is 595. The maximum atomic E-state index is 6.11. The van der Waals surface area contributed by atoms with Crippen LogP contribution >= 0.6 is 24.0 Å². The molecule has 5 nitrogen and oxygen atoms in total. The van der Waals surface area contributed by atoms with Gasteiger partial charge in [0.1, 0.15) is 0 Å². The van der Waals surface area contributed by atoms with Crippen molar-refractivity contribution in [1.82, 2.24) is 15.1 Å². The first-order chi connectivity index (χ1) is 13.1. The molecule has 158 valence electrons. The van der Waals surface area contributed by atoms with Crippen LogP contribution in [0.3, 0.4) is 0 Å². The van der Waals surface area contributed by atoms with Gasteiger partial charge in [0, 0.05) is 25.7 Å². The molecule has 3 N–H and O–H groups in total. The van der Waals surface area contributed by atoms with Crippen molar-refractivity contribution in [3.05, 3.63) is 35.4 Å². The Kier molecular flexibility index (Phi) is 10.0. The van der Waals surface area contributed by atoms with E-state index in [1.807, 2.05) is 0 Å². The Balaban J connectivity index is 0.00000280. The van der Waals surface area contributed by atoms with Crippen molar-refractivity contribution < 1.29 is 0 Å². The van der Waals surface area contributed by atoms with Crippen LogP contribution in [0.15, 0.2) is 29.3 Å². The van der Waals surface area contributed by atoms with Crippen LogP contribution in [-0.2, 0) is 6.54 Å². The van der Waals surface area contributed by atoms with Gasteiger partial charge in [-0.2, -0.15) is 0 Å². The molecular weight excluding hydrogens is 461 g/mol. The number of benzene rings is 1. The highest BCUT2D eigenvalue weighted by molar-refractivity contribution is 14.0. The summed E-state index contributed by atoms with van der Waals surface area (Å²) in [6, 6.07) is 9.54. The number of hydrogen-bond acceptors (Lipinski definition) is 3. The Labute approximate surface area is 188 Å². The summed E-state index contributed by atoms with van der Waals surface area (Å²) in [6.45, 7) is 11.9. The minimum absolute atomic E-state index is 0. The lowest BCUT2D eigenvalue weighted by Gasteiger charge is -2.31. The van der Waals surface area contributed by atoms with Crippen LogP contribution in [0.5, 0.6) is 0 Å². The molecule has 0 spiro atoms. The molecule has 1 unspecified atom stereocenters. The number of hydrogen-bond donors (Lipinski definition) is 2. The maximum absolute atomic E-state index is 6.11. The molecule has 2 heterocycles. The van der Waals surface area contributed by atoms with E-state index in [0.717, 1.165) is 39.3 Å². The average molecular weight is 499 g/mol. The van der Waals surface area contributed by atoms with E-state index in [4.69, 9.17) is 5.73 Å². The highest BCUT2D eigenvalue weighted by Gasteiger charge is 2.23. The molecular formula is C22H38IN5. The SMILES string of the molecule is CCN1CCCC1CNC(N)=NCC1CCN(Cc2ccc(C)cc2)CC1.I. The summed E-state index contributed by atoms with van der Waals surface area (Å²) in [5, 5.41) is 3.35. The van der Waals surface area contributed by atoms with Gasteiger partial charge in [0.15, 0.2) is 5.96 Å². The van der Waals surface area contributed by atoms with Crippen LogP contribution in [0.1, 0.15) is 43.7 Å². The monoisotopic (exact) mass is 499 g/mol. The number of aryl methyl sites for hydroxylation is 1. The summed E-state index contributed by atoms with van der Waals surface area (Å²) in [5.74, 6) is 1.29. The third-order valence-electron chi connectivity index (χ3n) is 6.18. The van der Waals surface area contributed by atoms with E-state index in [1.165, 1.54) is 43.4 Å². The predicted octanol–water partition coefficient (Wildman–Crippen LogP) is 3.21. The molecule has 1 aromatic carbocycles. The molecule has 6 heteroatoms. The fraction of sp³-hybridized carbons (Fsp3) is 0.682. The molecule has 2 fully saturated rings. The first-order valence-corrected chi connectivity index (χ1v) is 10.7. The molecule has 0 aromatic heterocycles. The number of nitrogens with one attached hydrogen (secondary N) is 1. The van der Waals surface area contributed by atoms with Crippen molar-refractivity contribution in [3.8, 4) is 0 Å². The van der Waals surface area contributed by atoms with Crippen LogP contribution in [0.4, 0.5) is 0 Å². The number of aliphatic imine (C=N–C) groups is 1. The number of guanidine groups is 1. The summed E-state index contributed by atoms with van der Waals surface area (Å²) >= 11 is 0. The standard InChI is InChI=1S/C22H37N5.HI/c1-3-27-12-4-5-21(27)16-25-22(23)24-15-19-10-13-26(14-11-19)17-20-8-6-18(2)7-9-20;/h6-9,19,21H,3-5,10-17H2,1-2H3,(H3,23,24,25);1H. The van der Waals surface area contributed by atoms with Crippen LogP contribution in [0, 0.1) is 12.8 Å². The zero-order valence-corrected chi connectivity index (χ0v) is 19.9. The van der Waals surface area contributed by atoms with Crippen molar-refractivity contribution in [2.75, 3.05) is 39.3 Å². The summed E-state index contributed by atoms with van der Waals surface area (Å²) in [6.07, 6.45) is 5.01. The second-order valence-electron chi connectivity index (χ2n) is 8.24. The molecule has 0 aliphatic carbocycles. The van der Waals surface area contributed by atoms with E-state index in [-0.39, 0.29) is 24.0 Å². The lowest BCUT2D eigenvalue weighted by atomic mass is 9.96. The molecule has 0 amide bonds. The van der Waals surface area contributed by atoms with E-state index in [0.29, 0.717) is 17.9 Å². The smallest absolute Gasteiger partial charge is 0.188 e. The minimum atomic E-state index is 0. The summed E-state index contributed by atoms with van der Waals surface area (Å²) in [5.41, 5.74) is 8.85. The Morgan fingerprint density at radius 1 is 1.14 bits per heavy atom. The molecule has 3 rings (SSSR count). The summed E-state index contributed by atoms with van der Waals surface area (Å²) in [4.78, 5) is 9.72. The van der Waals surface area contributed by atoms with E-state index >= 15 is 0 Å². The predicted molar refractivity (Wildman–Crippen MR) is 129 cm³/mol. The van der Waals surface area contributed by atoms with Crippen LogP contribution in [-0.4, -0.2) is 61.1 Å². The maximum Gasteiger partial charge on any atom is 0.188 e. The quantitative estimate of drug-likeness (QED) is 0.344. The minimum Gasteiger partial charge on any atom is -0.370 e. The molecule has 2 aliphatic heterocycles. The summed E-state index contributed by atoms with van der Waals surface area (Å²) in [7, 11) is 0. The fourth-order valence-corrected chi connectivity index (χ4v) is 4.33. The second kappa shape index (κ2) is 12.0. The van der Waals surface area contributed by atoms with Gasteiger partial charge in [0.2, 0.25) is 0 Å². The van der Waals surface area contributed by atoms with Gasteiger partial charge in [-0.1, -0.05) is 36.8 Å². The number of rotatable bonds is 7. The number of nitrogens with two attached hydrogens (primary N) is 1. The van der Waals surface area contributed by atoms with Gasteiger partial charge in [-0.15, -0.1) is 24.0 Å². The van der Waals surface area contributed by atoms with Crippen molar-refractivity contribution in [2.24, 2.45) is 16.6 Å². The first kappa shape index (κ1) is 23.4. The first-order valence-electron chi connectivity index (χ1n) is 10.7. The zero-order chi connectivity index (χ0) is 19.1. The molecule has 0 saturated carbocycles. The second-order valence-corrected chi connectivity index (χ2v) is 8.24. The Morgan fingerprint density at radius 3 is 2.54 bits per heavy atom. The van der Waals surface area contributed by atoms with Crippen molar-refractivity contribution in [3.63, 3.8) is 0 Å². The van der Waals surface area contributed by atoms with E-state index in [9.17, 15) is 0 Å². The zero-order valence-electron chi connectivity index (χ0n) is 17.6. The lowest BCUT2D eigenvalue weighted by molar-refractivity contribution is 0.180. The Hall–Kier alpha value is -0.860. The molecule has 2 saturated heterocycles. The van der Waals surface area contributed by atoms with Gasteiger partial charge in [-0.3, -0.25) is 14.8 Å². The fourth-order valence-electron chi connectivity index (χ4n) is 4.33. The van der Waals surface area contributed by atoms with Crippen LogP contribution in [0.2, 0.25) is 0 Å². The van der Waals surface area contributed by atoms with Gasteiger partial charge in [-0.25, -0.2) is 0 Å². The van der Waals surface area contributed by atoms with Gasteiger partial charge < -0.3 is 11.1 Å². The van der Waals surface area contributed by atoms with Gasteiger partial charge >= 0.3 is 0 Å². The third kappa shape index (κ3) is 7.19. The van der Waals surface area contributed by atoms with Crippen molar-refractivity contribution in [2.45, 2.75) is 52.1 Å². The number of piperidine rings is 1. The Morgan fingerprint density at radius 2 is 1.86 bits per heavy atom. The topological polar surface area (TPSA) is 56.9 Å². The number of likely N-dealkylation sites (tertiary alicyclic amines) is 2. The molecule has 0 radical (unpaired) electrons. The number of halogens is 1. The van der Waals surface area contributed by atoms with E-state index in [1.54, 1.807) is 0 Å². The normalized spacial score (nSPS) is 22.2. The molecule has 0 bridgehead atoms. The van der Waals surface area contributed by atoms with Gasteiger partial charge in [0.25, 0.3) is 0 Å². The number of nitrogens with zero attached hydrogens (tertiary/aromatic N) is 3. The molecule has 1 atom stereocenters.